The van der Waals surface area contributed by atoms with Gasteiger partial charge in [-0.3, -0.25) is 0 Å². The second-order valence-corrected chi connectivity index (χ2v) is 4.39. The van der Waals surface area contributed by atoms with E-state index in [2.05, 4.69) is 9.97 Å². The molecule has 2 aromatic rings. The fraction of sp³-hybridized carbons (Fsp3) is 0.167. The van der Waals surface area contributed by atoms with Crippen molar-refractivity contribution in [1.29, 1.82) is 0 Å². The zero-order valence-electron chi connectivity index (χ0n) is 9.24. The largest absolute Gasteiger partial charge is 0.378 e. The highest BCUT2D eigenvalue weighted by atomic mass is 35.5. The van der Waals surface area contributed by atoms with Crippen molar-refractivity contribution >= 4 is 23.8 Å². The second kappa shape index (κ2) is 5.40. The third-order valence-corrected chi connectivity index (χ3v) is 2.68. The van der Waals surface area contributed by atoms with Crippen LogP contribution in [0.25, 0.3) is 11.4 Å². The molecule has 0 fully saturated rings. The van der Waals surface area contributed by atoms with E-state index in [0.717, 1.165) is 17.1 Å². The van der Waals surface area contributed by atoms with E-state index in [0.29, 0.717) is 16.3 Å². The molecular weight excluding hydrogens is 256 g/mol. The zero-order valence-corrected chi connectivity index (χ0v) is 10.8. The molecule has 0 unspecified atom stereocenters. The number of aromatic nitrogens is 2. The van der Waals surface area contributed by atoms with Crippen LogP contribution in [0.2, 0.25) is 5.02 Å². The topological polar surface area (TPSA) is 37.9 Å². The van der Waals surface area contributed by atoms with Crippen molar-refractivity contribution in [2.24, 2.45) is 0 Å². The average molecular weight is 267 g/mol. The minimum Gasteiger partial charge on any atom is -0.378 e. The first-order valence-corrected chi connectivity index (χ1v) is 5.83. The molecule has 0 radical (unpaired) electrons. The lowest BCUT2D eigenvalue weighted by Gasteiger charge is -2.05. The van der Waals surface area contributed by atoms with Crippen LogP contribution >= 0.6 is 23.8 Å². The number of ether oxygens (including phenoxy) is 1. The maximum atomic E-state index is 5.84. The number of hydrogen-bond acceptors (Lipinski definition) is 3. The number of H-pyrrole nitrogens is 1. The number of rotatable bonds is 3. The number of benzene rings is 1. The van der Waals surface area contributed by atoms with Crippen LogP contribution in [0.15, 0.2) is 30.3 Å². The van der Waals surface area contributed by atoms with Crippen molar-refractivity contribution in [2.45, 2.75) is 6.61 Å². The van der Waals surface area contributed by atoms with E-state index >= 15 is 0 Å². The van der Waals surface area contributed by atoms with Gasteiger partial charge in [0.25, 0.3) is 0 Å². The first kappa shape index (κ1) is 12.2. The van der Waals surface area contributed by atoms with E-state index in [1.807, 2.05) is 24.3 Å². The van der Waals surface area contributed by atoms with Crippen molar-refractivity contribution in [3.8, 4) is 11.4 Å². The molecule has 0 aliphatic heterocycles. The third-order valence-electron chi connectivity index (χ3n) is 2.22. The summed E-state index contributed by atoms with van der Waals surface area (Å²) in [5, 5.41) is 0.695. The lowest BCUT2D eigenvalue weighted by molar-refractivity contribution is 0.181. The van der Waals surface area contributed by atoms with E-state index in [-0.39, 0.29) is 0 Å². The number of nitrogens with one attached hydrogen (secondary N) is 1. The number of methoxy groups -OCH3 is 1. The summed E-state index contributed by atoms with van der Waals surface area (Å²) in [4.78, 5) is 7.45. The standard InChI is InChI=1S/C12H11ClN2OS/c1-16-7-10-6-11(17)15-12(14-10)8-2-4-9(13)5-3-8/h2-6H,7H2,1H3,(H,14,15,17). The smallest absolute Gasteiger partial charge is 0.139 e. The SMILES string of the molecule is COCc1cc(=S)nc(-c2ccc(Cl)cc2)[nH]1. The highest BCUT2D eigenvalue weighted by Crippen LogP contribution is 2.18. The molecule has 0 saturated carbocycles. The number of nitrogens with zero attached hydrogens (tertiary/aromatic N) is 1. The van der Waals surface area contributed by atoms with Gasteiger partial charge in [-0.25, -0.2) is 4.98 Å². The fourth-order valence-electron chi connectivity index (χ4n) is 1.49. The molecule has 17 heavy (non-hydrogen) atoms. The van der Waals surface area contributed by atoms with Gasteiger partial charge in [0.2, 0.25) is 0 Å². The molecule has 1 heterocycles. The quantitative estimate of drug-likeness (QED) is 0.863. The summed E-state index contributed by atoms with van der Waals surface area (Å²) < 4.78 is 5.61. The summed E-state index contributed by atoms with van der Waals surface area (Å²) in [6, 6.07) is 9.22. The van der Waals surface area contributed by atoms with Crippen molar-refractivity contribution in [3.63, 3.8) is 0 Å². The molecule has 1 aromatic heterocycles. The predicted molar refractivity (Wildman–Crippen MR) is 70.6 cm³/mol. The minimum atomic E-state index is 0.479. The van der Waals surface area contributed by atoms with Crippen molar-refractivity contribution < 1.29 is 4.74 Å². The number of aromatic amines is 1. The van der Waals surface area contributed by atoms with Crippen molar-refractivity contribution in [1.82, 2.24) is 9.97 Å². The van der Waals surface area contributed by atoms with Crippen LogP contribution in [-0.4, -0.2) is 17.1 Å². The third kappa shape index (κ3) is 3.12. The molecule has 5 heteroatoms. The highest BCUT2D eigenvalue weighted by molar-refractivity contribution is 7.71. The Kier molecular flexibility index (Phi) is 3.89. The molecule has 0 saturated heterocycles. The Morgan fingerprint density at radius 3 is 2.71 bits per heavy atom. The first-order valence-electron chi connectivity index (χ1n) is 5.04. The molecular formula is C12H11ClN2OS. The molecule has 1 aromatic carbocycles. The van der Waals surface area contributed by atoms with Crippen LogP contribution in [0.1, 0.15) is 5.69 Å². The lowest BCUT2D eigenvalue weighted by Crippen LogP contribution is -1.97. The fourth-order valence-corrected chi connectivity index (χ4v) is 1.84. The first-order chi connectivity index (χ1) is 8.19. The van der Waals surface area contributed by atoms with Gasteiger partial charge in [0, 0.05) is 23.4 Å². The van der Waals surface area contributed by atoms with E-state index in [4.69, 9.17) is 28.6 Å². The van der Waals surface area contributed by atoms with Crippen LogP contribution < -0.4 is 0 Å². The summed E-state index contributed by atoms with van der Waals surface area (Å²) in [5.41, 5.74) is 1.84. The van der Waals surface area contributed by atoms with Crippen LogP contribution in [0.5, 0.6) is 0 Å². The predicted octanol–water partition coefficient (Wildman–Crippen LogP) is 3.61. The van der Waals surface area contributed by atoms with Gasteiger partial charge < -0.3 is 9.72 Å². The van der Waals surface area contributed by atoms with E-state index in [1.165, 1.54) is 0 Å². The summed E-state index contributed by atoms with van der Waals surface area (Å²) in [6.07, 6.45) is 0. The van der Waals surface area contributed by atoms with Gasteiger partial charge in [0.15, 0.2) is 0 Å². The average Bonchev–Trinajstić information content (AvgIpc) is 2.29. The maximum absolute atomic E-state index is 5.84. The number of hydrogen-bond donors (Lipinski definition) is 1. The Labute approximate surface area is 109 Å². The molecule has 1 N–H and O–H groups in total. The lowest BCUT2D eigenvalue weighted by atomic mass is 10.2. The van der Waals surface area contributed by atoms with Crippen molar-refractivity contribution in [3.05, 3.63) is 45.7 Å². The summed E-state index contributed by atoms with van der Waals surface area (Å²) in [5.74, 6) is 0.723. The monoisotopic (exact) mass is 266 g/mol. The molecule has 0 spiro atoms. The Morgan fingerprint density at radius 2 is 2.06 bits per heavy atom. The van der Waals surface area contributed by atoms with E-state index in [9.17, 15) is 0 Å². The van der Waals surface area contributed by atoms with Gasteiger partial charge >= 0.3 is 0 Å². The normalized spacial score (nSPS) is 10.5. The molecule has 0 aliphatic carbocycles. The molecule has 0 amide bonds. The summed E-state index contributed by atoms with van der Waals surface area (Å²) in [7, 11) is 1.64. The van der Waals surface area contributed by atoms with E-state index in [1.54, 1.807) is 13.2 Å². The summed E-state index contributed by atoms with van der Waals surface area (Å²) >= 11 is 11.0. The molecule has 3 nitrogen and oxygen atoms in total. The Balaban J connectivity index is 2.44. The molecule has 0 bridgehead atoms. The number of halogens is 1. The Bertz CT molecular complexity index is 565. The highest BCUT2D eigenvalue weighted by Gasteiger charge is 2.02. The minimum absolute atomic E-state index is 0.479. The van der Waals surface area contributed by atoms with Crippen LogP contribution in [0, 0.1) is 4.64 Å². The van der Waals surface area contributed by atoms with Gasteiger partial charge in [-0.15, -0.1) is 0 Å². The Morgan fingerprint density at radius 1 is 1.35 bits per heavy atom. The molecule has 0 aliphatic rings. The second-order valence-electron chi connectivity index (χ2n) is 3.53. The van der Waals surface area contributed by atoms with Gasteiger partial charge in [0.05, 0.1) is 6.61 Å². The van der Waals surface area contributed by atoms with Gasteiger partial charge in [-0.1, -0.05) is 23.8 Å². The molecule has 88 valence electrons. The van der Waals surface area contributed by atoms with Crippen LogP contribution in [0.3, 0.4) is 0 Å². The van der Waals surface area contributed by atoms with Crippen LogP contribution in [0.4, 0.5) is 0 Å². The van der Waals surface area contributed by atoms with E-state index < -0.39 is 0 Å². The van der Waals surface area contributed by atoms with Gasteiger partial charge in [-0.2, -0.15) is 0 Å². The van der Waals surface area contributed by atoms with Gasteiger partial charge in [-0.05, 0) is 30.3 Å². The maximum Gasteiger partial charge on any atom is 0.139 e. The zero-order chi connectivity index (χ0) is 12.3. The molecule has 2 rings (SSSR count). The van der Waals surface area contributed by atoms with Crippen LogP contribution in [-0.2, 0) is 11.3 Å². The van der Waals surface area contributed by atoms with Gasteiger partial charge in [0.1, 0.15) is 10.5 Å². The summed E-state index contributed by atoms with van der Waals surface area (Å²) in [6.45, 7) is 0.479. The molecule has 0 atom stereocenters. The van der Waals surface area contributed by atoms with Crippen molar-refractivity contribution in [2.75, 3.05) is 7.11 Å². The Hall–Kier alpha value is -1.23.